The van der Waals surface area contributed by atoms with Crippen LogP contribution in [0.15, 0.2) is 0 Å². The summed E-state index contributed by atoms with van der Waals surface area (Å²) in [5, 5.41) is 18.3. The quantitative estimate of drug-likeness (QED) is 0.160. The van der Waals surface area contributed by atoms with Crippen LogP contribution in [-0.4, -0.2) is 70.2 Å². The molecule has 0 rings (SSSR count). The number of amides is 5. The number of primary amides is 1. The molecule has 154 valence electrons. The average molecular weight is 404 g/mol. The van der Waals surface area contributed by atoms with E-state index in [0.717, 1.165) is 0 Å². The highest BCUT2D eigenvalue weighted by Crippen LogP contribution is 2.24. The van der Waals surface area contributed by atoms with E-state index in [1.807, 2.05) is 0 Å². The molecule has 0 saturated heterocycles. The SMILES string of the molecule is CC(=O)NCC(=O)N[C@@H](CCCNC(N)=O)C(=O)N[C@H](C(=O)O)C(C)(C)[SiH3]. The van der Waals surface area contributed by atoms with Gasteiger partial charge < -0.3 is 32.1 Å². The summed E-state index contributed by atoms with van der Waals surface area (Å²) >= 11 is 0. The third-order valence-corrected chi connectivity index (χ3v) is 4.10. The number of hydrogen-bond donors (Lipinski definition) is 6. The minimum absolute atomic E-state index is 0.145. The molecular formula is C15H29N5O6Si. The molecule has 0 aliphatic carbocycles. The second-order valence-electron chi connectivity index (χ2n) is 7.11. The Bertz CT molecular complexity index is 578. The molecule has 0 radical (unpaired) electrons. The van der Waals surface area contributed by atoms with Crippen LogP contribution >= 0.6 is 0 Å². The summed E-state index contributed by atoms with van der Waals surface area (Å²) in [7, 11) is 0.517. The Hall–Kier alpha value is -2.63. The summed E-state index contributed by atoms with van der Waals surface area (Å²) < 4.78 is 0. The van der Waals surface area contributed by atoms with Crippen molar-refractivity contribution in [3.05, 3.63) is 0 Å². The van der Waals surface area contributed by atoms with Crippen molar-refractivity contribution in [3.8, 4) is 0 Å². The van der Waals surface area contributed by atoms with E-state index in [2.05, 4.69) is 21.3 Å². The predicted octanol–water partition coefficient (Wildman–Crippen LogP) is -2.81. The third-order valence-electron chi connectivity index (χ3n) is 3.52. The van der Waals surface area contributed by atoms with E-state index < -0.39 is 46.8 Å². The van der Waals surface area contributed by atoms with Gasteiger partial charge in [0.05, 0.1) is 6.54 Å². The van der Waals surface area contributed by atoms with Gasteiger partial charge in [-0.2, -0.15) is 0 Å². The number of urea groups is 1. The van der Waals surface area contributed by atoms with Gasteiger partial charge in [-0.25, -0.2) is 9.59 Å². The number of carboxylic acid groups (broad SMARTS) is 1. The van der Waals surface area contributed by atoms with Gasteiger partial charge in [0.15, 0.2) is 0 Å². The van der Waals surface area contributed by atoms with Gasteiger partial charge in [0, 0.05) is 23.7 Å². The molecule has 0 aliphatic rings. The summed E-state index contributed by atoms with van der Waals surface area (Å²) in [5.41, 5.74) is 4.96. The maximum Gasteiger partial charge on any atom is 0.326 e. The van der Waals surface area contributed by atoms with Crippen molar-refractivity contribution < 1.29 is 29.1 Å². The van der Waals surface area contributed by atoms with Crippen molar-refractivity contribution in [1.29, 1.82) is 0 Å². The summed E-state index contributed by atoms with van der Waals surface area (Å²) in [5.74, 6) is -2.81. The molecule has 0 aromatic rings. The molecule has 0 saturated carbocycles. The fourth-order valence-electron chi connectivity index (χ4n) is 2.13. The van der Waals surface area contributed by atoms with Crippen molar-refractivity contribution in [1.82, 2.24) is 21.3 Å². The average Bonchev–Trinajstić information content (AvgIpc) is 2.51. The number of carbonyl (C=O) groups excluding carboxylic acids is 4. The van der Waals surface area contributed by atoms with Crippen molar-refractivity contribution >= 4 is 40.0 Å². The first kappa shape index (κ1) is 24.4. The third kappa shape index (κ3) is 10.8. The highest BCUT2D eigenvalue weighted by molar-refractivity contribution is 6.17. The first-order valence-corrected chi connectivity index (χ1v) is 9.45. The van der Waals surface area contributed by atoms with Crippen LogP contribution < -0.4 is 27.0 Å². The fraction of sp³-hybridized carbons (Fsp3) is 0.667. The number of carboxylic acids is 1. The fourth-order valence-corrected chi connectivity index (χ4v) is 2.52. The van der Waals surface area contributed by atoms with Gasteiger partial charge in [0.25, 0.3) is 0 Å². The lowest BCUT2D eigenvalue weighted by molar-refractivity contribution is -0.143. The molecule has 0 aliphatic heterocycles. The molecule has 0 fully saturated rings. The minimum Gasteiger partial charge on any atom is -0.480 e. The first-order chi connectivity index (χ1) is 12.3. The molecule has 2 atom stereocenters. The van der Waals surface area contributed by atoms with Crippen LogP contribution in [0, 0.1) is 0 Å². The van der Waals surface area contributed by atoms with Crippen LogP contribution in [0.1, 0.15) is 33.6 Å². The highest BCUT2D eigenvalue weighted by atomic mass is 28.1. The molecule has 7 N–H and O–H groups in total. The second kappa shape index (κ2) is 11.2. The smallest absolute Gasteiger partial charge is 0.326 e. The Kier molecular flexibility index (Phi) is 10.1. The maximum atomic E-state index is 12.5. The minimum atomic E-state index is -1.16. The topological polar surface area (TPSA) is 180 Å². The van der Waals surface area contributed by atoms with Crippen molar-refractivity contribution in [3.63, 3.8) is 0 Å². The van der Waals surface area contributed by atoms with Gasteiger partial charge in [-0.05, 0) is 17.9 Å². The molecular weight excluding hydrogens is 374 g/mol. The molecule has 5 amide bonds. The van der Waals surface area contributed by atoms with Gasteiger partial charge >= 0.3 is 12.0 Å². The zero-order chi connectivity index (χ0) is 21.2. The molecule has 0 heterocycles. The Morgan fingerprint density at radius 2 is 1.70 bits per heavy atom. The molecule has 0 aromatic heterocycles. The lowest BCUT2D eigenvalue weighted by Gasteiger charge is -2.29. The van der Waals surface area contributed by atoms with Crippen LogP contribution in [0.2, 0.25) is 5.04 Å². The van der Waals surface area contributed by atoms with Gasteiger partial charge in [-0.1, -0.05) is 13.8 Å². The van der Waals surface area contributed by atoms with Gasteiger partial charge in [-0.3, -0.25) is 14.4 Å². The number of nitrogens with two attached hydrogens (primary N) is 1. The Labute approximate surface area is 160 Å². The van der Waals surface area contributed by atoms with Crippen LogP contribution in [0.25, 0.3) is 0 Å². The Morgan fingerprint density at radius 3 is 2.15 bits per heavy atom. The Balaban J connectivity index is 5.04. The molecule has 11 nitrogen and oxygen atoms in total. The number of rotatable bonds is 11. The summed E-state index contributed by atoms with van der Waals surface area (Å²) in [6.45, 7) is 4.57. The number of aliphatic carboxylic acids is 1. The zero-order valence-corrected chi connectivity index (χ0v) is 18.0. The zero-order valence-electron chi connectivity index (χ0n) is 16.0. The van der Waals surface area contributed by atoms with Crippen molar-refractivity contribution in [2.75, 3.05) is 13.1 Å². The standard InChI is InChI=1S/C15H29N5O6Si/c1-8(21)18-7-10(22)19-9(5-4-6-17-14(16)26)12(23)20-11(13(24)25)15(2,3)27/h9,11H,4-7H2,1-3,27H3,(H,18,21)(H,19,22)(H,20,23)(H,24,25)(H3,16,17,26)/t9-,11+/m0/s1. The van der Waals surface area contributed by atoms with E-state index in [9.17, 15) is 29.1 Å². The monoisotopic (exact) mass is 403 g/mol. The first-order valence-electron chi connectivity index (χ1n) is 8.45. The van der Waals surface area contributed by atoms with E-state index >= 15 is 0 Å². The normalized spacial score (nSPS) is 13.1. The predicted molar refractivity (Wildman–Crippen MR) is 101 cm³/mol. The second-order valence-corrected chi connectivity index (χ2v) is 9.69. The van der Waals surface area contributed by atoms with E-state index in [0.29, 0.717) is 16.7 Å². The Morgan fingerprint density at radius 1 is 1.11 bits per heavy atom. The van der Waals surface area contributed by atoms with E-state index in [4.69, 9.17) is 5.73 Å². The van der Waals surface area contributed by atoms with E-state index in [1.54, 1.807) is 13.8 Å². The molecule has 0 unspecified atom stereocenters. The lowest BCUT2D eigenvalue weighted by atomic mass is 10.0. The van der Waals surface area contributed by atoms with Crippen molar-refractivity contribution in [2.24, 2.45) is 5.73 Å². The summed E-state index contributed by atoms with van der Waals surface area (Å²) in [4.78, 5) is 57.5. The van der Waals surface area contributed by atoms with Crippen LogP contribution in [0.3, 0.4) is 0 Å². The van der Waals surface area contributed by atoms with E-state index in [-0.39, 0.29) is 19.5 Å². The van der Waals surface area contributed by atoms with Gasteiger partial charge in [-0.15, -0.1) is 0 Å². The molecule has 0 aromatic carbocycles. The number of carbonyl (C=O) groups is 5. The molecule has 27 heavy (non-hydrogen) atoms. The molecule has 0 bridgehead atoms. The lowest BCUT2D eigenvalue weighted by Crippen LogP contribution is -2.55. The summed E-state index contributed by atoms with van der Waals surface area (Å²) in [6.07, 6.45) is 0.468. The van der Waals surface area contributed by atoms with Crippen molar-refractivity contribution in [2.45, 2.75) is 50.7 Å². The van der Waals surface area contributed by atoms with Gasteiger partial charge in [0.1, 0.15) is 12.1 Å². The molecule has 12 heteroatoms. The van der Waals surface area contributed by atoms with E-state index in [1.165, 1.54) is 6.92 Å². The van der Waals surface area contributed by atoms with Gasteiger partial charge in [0.2, 0.25) is 17.7 Å². The van der Waals surface area contributed by atoms with Crippen LogP contribution in [-0.2, 0) is 19.2 Å². The largest absolute Gasteiger partial charge is 0.480 e. The number of nitrogens with one attached hydrogen (secondary N) is 4. The highest BCUT2D eigenvalue weighted by Gasteiger charge is 2.34. The van der Waals surface area contributed by atoms with Crippen LogP contribution in [0.5, 0.6) is 0 Å². The molecule has 0 spiro atoms. The van der Waals surface area contributed by atoms with Crippen LogP contribution in [0.4, 0.5) is 4.79 Å². The maximum absolute atomic E-state index is 12.5. The number of hydrogen-bond acceptors (Lipinski definition) is 5. The summed E-state index contributed by atoms with van der Waals surface area (Å²) in [6, 6.07) is -2.84.